The Morgan fingerprint density at radius 1 is 1.11 bits per heavy atom. The highest BCUT2D eigenvalue weighted by atomic mass is 19.1. The molecule has 2 aliphatic carbocycles. The third-order valence-corrected chi connectivity index (χ3v) is 6.00. The van der Waals surface area contributed by atoms with Crippen LogP contribution in [0.5, 0.6) is 0 Å². The van der Waals surface area contributed by atoms with Crippen LogP contribution in [0.4, 0.5) is 8.78 Å². The van der Waals surface area contributed by atoms with Crippen molar-refractivity contribution < 1.29 is 23.2 Å². The fraction of sp³-hybridized carbons (Fsp3) is 0.450. The van der Waals surface area contributed by atoms with Crippen LogP contribution in [0.1, 0.15) is 18.9 Å². The van der Waals surface area contributed by atoms with Crippen LogP contribution in [0.2, 0.25) is 0 Å². The summed E-state index contributed by atoms with van der Waals surface area (Å²) in [4.78, 5) is 40.3. The molecule has 0 radical (unpaired) electrons. The molecule has 7 heteroatoms. The molecule has 0 N–H and O–H groups in total. The van der Waals surface area contributed by atoms with Gasteiger partial charge in [0.15, 0.2) is 0 Å². The molecule has 2 fully saturated rings. The first kappa shape index (κ1) is 17.8. The van der Waals surface area contributed by atoms with Gasteiger partial charge in [-0.15, -0.1) is 0 Å². The minimum atomic E-state index is -0.730. The zero-order chi connectivity index (χ0) is 19.3. The van der Waals surface area contributed by atoms with Gasteiger partial charge in [-0.05, 0) is 37.3 Å². The maximum Gasteiger partial charge on any atom is 0.243 e. The lowest BCUT2D eigenvalue weighted by Gasteiger charge is -2.24. The van der Waals surface area contributed by atoms with Crippen molar-refractivity contribution in [3.05, 3.63) is 47.5 Å². The van der Waals surface area contributed by atoms with E-state index in [0.717, 1.165) is 23.5 Å². The molecule has 1 saturated carbocycles. The largest absolute Gasteiger partial charge is 0.337 e. The molecule has 142 valence electrons. The minimum absolute atomic E-state index is 0.0753. The molecule has 2 bridgehead atoms. The average Bonchev–Trinajstić information content (AvgIpc) is 3.31. The molecule has 27 heavy (non-hydrogen) atoms. The van der Waals surface area contributed by atoms with Crippen molar-refractivity contribution in [2.45, 2.75) is 19.9 Å². The topological polar surface area (TPSA) is 57.7 Å². The molecule has 0 aromatic heterocycles. The lowest BCUT2D eigenvalue weighted by atomic mass is 9.85. The van der Waals surface area contributed by atoms with Crippen LogP contribution in [0.25, 0.3) is 0 Å². The summed E-state index contributed by atoms with van der Waals surface area (Å²) in [5.74, 6) is -3.14. The molecule has 0 spiro atoms. The van der Waals surface area contributed by atoms with Gasteiger partial charge in [-0.3, -0.25) is 19.3 Å². The zero-order valence-corrected chi connectivity index (χ0v) is 14.9. The highest BCUT2D eigenvalue weighted by Crippen LogP contribution is 2.52. The second-order valence-electron chi connectivity index (χ2n) is 7.37. The standard InChI is InChI=1S/C20H20F2N2O3/c1-2-23(9-13-14(21)4-3-5-15(13)22)16(25)10-24-19(26)17-11-6-7-12(8-11)18(17)20(24)27/h3-7,11-12,17-18H,2,8-10H2,1H3. The third kappa shape index (κ3) is 2.76. The molecule has 3 amide bonds. The number of hydrogen-bond acceptors (Lipinski definition) is 3. The number of benzene rings is 1. The van der Waals surface area contributed by atoms with E-state index >= 15 is 0 Å². The minimum Gasteiger partial charge on any atom is -0.337 e. The van der Waals surface area contributed by atoms with E-state index in [0.29, 0.717) is 0 Å². The van der Waals surface area contributed by atoms with Crippen LogP contribution in [0, 0.1) is 35.3 Å². The predicted octanol–water partition coefficient (Wildman–Crippen LogP) is 2.12. The Balaban J connectivity index is 1.48. The number of fused-ring (bicyclic) bond motifs is 5. The average molecular weight is 374 g/mol. The summed E-state index contributed by atoms with van der Waals surface area (Å²) < 4.78 is 27.8. The van der Waals surface area contributed by atoms with Gasteiger partial charge in [-0.2, -0.15) is 0 Å². The van der Waals surface area contributed by atoms with E-state index in [2.05, 4.69) is 0 Å². The van der Waals surface area contributed by atoms with Gasteiger partial charge in [0.1, 0.15) is 18.2 Å². The summed E-state index contributed by atoms with van der Waals surface area (Å²) in [6, 6.07) is 3.53. The molecular formula is C20H20F2N2O3. The SMILES string of the molecule is CCN(Cc1c(F)cccc1F)C(=O)CN1C(=O)C2C3C=CC(C3)C2C1=O. The number of rotatable bonds is 5. The number of halogens is 2. The van der Waals surface area contributed by atoms with E-state index in [4.69, 9.17) is 0 Å². The van der Waals surface area contributed by atoms with E-state index in [1.54, 1.807) is 6.92 Å². The second-order valence-corrected chi connectivity index (χ2v) is 7.37. The van der Waals surface area contributed by atoms with Gasteiger partial charge in [-0.1, -0.05) is 18.2 Å². The van der Waals surface area contributed by atoms with Crippen LogP contribution >= 0.6 is 0 Å². The molecule has 5 nitrogen and oxygen atoms in total. The Labute approximate surface area is 155 Å². The third-order valence-electron chi connectivity index (χ3n) is 6.00. The number of allylic oxidation sites excluding steroid dienone is 2. The van der Waals surface area contributed by atoms with Crippen LogP contribution in [0.3, 0.4) is 0 Å². The highest BCUT2D eigenvalue weighted by molar-refractivity contribution is 6.08. The van der Waals surface area contributed by atoms with E-state index < -0.39 is 17.5 Å². The summed E-state index contributed by atoms with van der Waals surface area (Å²) in [7, 11) is 0. The van der Waals surface area contributed by atoms with Crippen molar-refractivity contribution in [3.63, 3.8) is 0 Å². The van der Waals surface area contributed by atoms with Crippen LogP contribution < -0.4 is 0 Å². The smallest absolute Gasteiger partial charge is 0.243 e. The van der Waals surface area contributed by atoms with Gasteiger partial charge in [-0.25, -0.2) is 8.78 Å². The first-order chi connectivity index (χ1) is 12.9. The van der Waals surface area contributed by atoms with E-state index in [9.17, 15) is 23.2 Å². The first-order valence-electron chi connectivity index (χ1n) is 9.16. The molecule has 1 heterocycles. The summed E-state index contributed by atoms with van der Waals surface area (Å²) >= 11 is 0. The fourth-order valence-corrected chi connectivity index (χ4v) is 4.61. The number of likely N-dealkylation sites (N-methyl/N-ethyl adjacent to an activating group) is 1. The van der Waals surface area contributed by atoms with Gasteiger partial charge in [0, 0.05) is 12.1 Å². The van der Waals surface area contributed by atoms with Gasteiger partial charge in [0.25, 0.3) is 0 Å². The summed E-state index contributed by atoms with van der Waals surface area (Å²) in [5.41, 5.74) is -0.203. The first-order valence-corrected chi connectivity index (χ1v) is 9.16. The van der Waals surface area contributed by atoms with Gasteiger partial charge >= 0.3 is 0 Å². The molecule has 1 aromatic rings. The molecular weight excluding hydrogens is 354 g/mol. The predicted molar refractivity (Wildman–Crippen MR) is 91.9 cm³/mol. The number of amides is 3. The Morgan fingerprint density at radius 3 is 2.19 bits per heavy atom. The van der Waals surface area contributed by atoms with Crippen LogP contribution in [-0.2, 0) is 20.9 Å². The molecule has 1 aromatic carbocycles. The number of hydrogen-bond donors (Lipinski definition) is 0. The van der Waals surface area contributed by atoms with E-state index in [1.165, 1.54) is 11.0 Å². The Bertz CT molecular complexity index is 803. The molecule has 4 rings (SSSR count). The Kier molecular flexibility index (Phi) is 4.32. The molecule has 4 atom stereocenters. The van der Waals surface area contributed by atoms with E-state index in [1.807, 2.05) is 12.2 Å². The van der Waals surface area contributed by atoms with Gasteiger partial charge < -0.3 is 4.90 Å². The van der Waals surface area contributed by atoms with Crippen LogP contribution in [-0.4, -0.2) is 40.6 Å². The number of imide groups is 1. The van der Waals surface area contributed by atoms with Crippen LogP contribution in [0.15, 0.2) is 30.4 Å². The summed E-state index contributed by atoms with van der Waals surface area (Å²) in [6.45, 7) is 1.27. The second kappa shape index (κ2) is 6.55. The van der Waals surface area contributed by atoms with Crippen molar-refractivity contribution in [2.75, 3.05) is 13.1 Å². The molecule has 3 aliphatic rings. The highest BCUT2D eigenvalue weighted by Gasteiger charge is 2.59. The number of likely N-dealkylation sites (tertiary alicyclic amines) is 1. The lowest BCUT2D eigenvalue weighted by molar-refractivity contribution is -0.147. The van der Waals surface area contributed by atoms with Gasteiger partial charge in [0.2, 0.25) is 17.7 Å². The van der Waals surface area contributed by atoms with Crippen molar-refractivity contribution in [1.82, 2.24) is 9.80 Å². The van der Waals surface area contributed by atoms with Crippen molar-refractivity contribution in [2.24, 2.45) is 23.7 Å². The van der Waals surface area contributed by atoms with E-state index in [-0.39, 0.29) is 60.7 Å². The monoisotopic (exact) mass is 374 g/mol. The maximum atomic E-state index is 13.9. The number of carbonyl (C=O) groups excluding carboxylic acids is 3. The molecule has 1 saturated heterocycles. The van der Waals surface area contributed by atoms with Crippen molar-refractivity contribution in [3.8, 4) is 0 Å². The normalized spacial score (nSPS) is 28.2. The molecule has 1 aliphatic heterocycles. The Hall–Kier alpha value is -2.57. The summed E-state index contributed by atoms with van der Waals surface area (Å²) in [5, 5.41) is 0. The van der Waals surface area contributed by atoms with Crippen molar-refractivity contribution in [1.29, 1.82) is 0 Å². The Morgan fingerprint density at radius 2 is 1.67 bits per heavy atom. The lowest BCUT2D eigenvalue weighted by Crippen LogP contribution is -2.43. The quantitative estimate of drug-likeness (QED) is 0.586. The zero-order valence-electron chi connectivity index (χ0n) is 14.9. The number of nitrogens with zero attached hydrogens (tertiary/aromatic N) is 2. The fourth-order valence-electron chi connectivity index (χ4n) is 4.61. The van der Waals surface area contributed by atoms with Crippen molar-refractivity contribution >= 4 is 17.7 Å². The molecule has 4 unspecified atom stereocenters. The summed E-state index contributed by atoms with van der Waals surface area (Å²) in [6.07, 6.45) is 4.80. The number of carbonyl (C=O) groups is 3. The van der Waals surface area contributed by atoms with Gasteiger partial charge in [0.05, 0.1) is 18.4 Å². The maximum absolute atomic E-state index is 13.9.